The second-order valence-corrected chi connectivity index (χ2v) is 6.28. The number of carbonyl (C=O) groups is 1. The number of esters is 1. The Hall–Kier alpha value is -0.830. The lowest BCUT2D eigenvalue weighted by Gasteiger charge is -2.03. The monoisotopic (exact) mass is 326 g/mol. The zero-order valence-corrected chi connectivity index (χ0v) is 15.4. The standard InChI is InChI=1S/C20H38O3/c1-3-19(21)17-15-13-11-9-7-5-6-8-10-12-14-16-18-20(22)23-4-2/h15,17,19,21H,3-14,16,18H2,1-2H3. The first-order valence-electron chi connectivity index (χ1n) is 9.71. The quantitative estimate of drug-likeness (QED) is 0.229. The lowest BCUT2D eigenvalue weighted by atomic mass is 10.0. The molecule has 1 atom stereocenters. The van der Waals surface area contributed by atoms with E-state index >= 15 is 0 Å². The maximum Gasteiger partial charge on any atom is 0.305 e. The molecule has 3 heteroatoms. The molecular weight excluding hydrogens is 288 g/mol. The van der Waals surface area contributed by atoms with Gasteiger partial charge in [0.15, 0.2) is 0 Å². The zero-order chi connectivity index (χ0) is 17.2. The van der Waals surface area contributed by atoms with E-state index in [0.29, 0.717) is 13.0 Å². The molecule has 0 amide bonds. The third-order valence-corrected chi connectivity index (χ3v) is 4.08. The second kappa shape index (κ2) is 17.5. The fourth-order valence-corrected chi connectivity index (χ4v) is 2.57. The molecule has 1 unspecified atom stereocenters. The normalized spacial score (nSPS) is 12.7. The van der Waals surface area contributed by atoms with Crippen molar-refractivity contribution < 1.29 is 14.6 Å². The van der Waals surface area contributed by atoms with Gasteiger partial charge in [-0.05, 0) is 32.6 Å². The molecule has 0 aromatic carbocycles. The van der Waals surface area contributed by atoms with Crippen LogP contribution in [0.3, 0.4) is 0 Å². The van der Waals surface area contributed by atoms with Gasteiger partial charge >= 0.3 is 5.97 Å². The van der Waals surface area contributed by atoms with Gasteiger partial charge in [0.2, 0.25) is 0 Å². The van der Waals surface area contributed by atoms with Crippen molar-refractivity contribution in [2.24, 2.45) is 0 Å². The summed E-state index contributed by atoms with van der Waals surface area (Å²) in [5.74, 6) is -0.0495. The van der Waals surface area contributed by atoms with Crippen molar-refractivity contribution in [1.82, 2.24) is 0 Å². The van der Waals surface area contributed by atoms with Crippen molar-refractivity contribution >= 4 is 5.97 Å². The molecule has 0 aromatic heterocycles. The molecule has 0 bridgehead atoms. The lowest BCUT2D eigenvalue weighted by molar-refractivity contribution is -0.143. The molecule has 0 radical (unpaired) electrons. The Morgan fingerprint density at radius 3 is 1.96 bits per heavy atom. The molecule has 3 nitrogen and oxygen atoms in total. The molecule has 1 N–H and O–H groups in total. The number of aliphatic hydroxyl groups excluding tert-OH is 1. The first-order chi connectivity index (χ1) is 11.2. The predicted molar refractivity (Wildman–Crippen MR) is 97.5 cm³/mol. The zero-order valence-electron chi connectivity index (χ0n) is 15.4. The molecule has 0 aromatic rings. The first-order valence-corrected chi connectivity index (χ1v) is 9.71. The first kappa shape index (κ1) is 22.2. The largest absolute Gasteiger partial charge is 0.466 e. The van der Waals surface area contributed by atoms with Crippen molar-refractivity contribution in [2.45, 2.75) is 103 Å². The number of hydrogen-bond acceptors (Lipinski definition) is 3. The molecule has 136 valence electrons. The van der Waals surface area contributed by atoms with Crippen LogP contribution in [0.1, 0.15) is 97.3 Å². The van der Waals surface area contributed by atoms with Gasteiger partial charge in [0, 0.05) is 6.42 Å². The summed E-state index contributed by atoms with van der Waals surface area (Å²) in [7, 11) is 0. The van der Waals surface area contributed by atoms with Gasteiger partial charge in [-0.25, -0.2) is 0 Å². The van der Waals surface area contributed by atoms with Crippen LogP contribution in [0.15, 0.2) is 12.2 Å². The summed E-state index contributed by atoms with van der Waals surface area (Å²) in [6.45, 7) is 4.34. The Kier molecular flexibility index (Phi) is 16.9. The van der Waals surface area contributed by atoms with Crippen LogP contribution < -0.4 is 0 Å². The Morgan fingerprint density at radius 2 is 1.43 bits per heavy atom. The SMILES string of the molecule is CCOC(=O)CCCCCCCCCCCCC=CC(O)CC. The molecule has 0 aliphatic heterocycles. The number of ether oxygens (including phenoxy) is 1. The second-order valence-electron chi connectivity index (χ2n) is 6.28. The maximum atomic E-state index is 11.2. The Bertz CT molecular complexity index is 287. The third-order valence-electron chi connectivity index (χ3n) is 4.08. The van der Waals surface area contributed by atoms with Crippen LogP contribution in [0.4, 0.5) is 0 Å². The fourth-order valence-electron chi connectivity index (χ4n) is 2.57. The van der Waals surface area contributed by atoms with Gasteiger partial charge in [-0.2, -0.15) is 0 Å². The van der Waals surface area contributed by atoms with Crippen LogP contribution >= 0.6 is 0 Å². The van der Waals surface area contributed by atoms with Crippen LogP contribution in [0, 0.1) is 0 Å². The van der Waals surface area contributed by atoms with E-state index in [2.05, 4.69) is 6.08 Å². The molecular formula is C20H38O3. The Balaban J connectivity index is 3.13. The van der Waals surface area contributed by atoms with Crippen molar-refractivity contribution in [3.63, 3.8) is 0 Å². The number of aliphatic hydroxyl groups is 1. The molecule has 0 fully saturated rings. The minimum Gasteiger partial charge on any atom is -0.466 e. The van der Waals surface area contributed by atoms with Gasteiger partial charge < -0.3 is 9.84 Å². The van der Waals surface area contributed by atoms with Gasteiger partial charge in [0.25, 0.3) is 0 Å². The van der Waals surface area contributed by atoms with Crippen LogP contribution in [-0.4, -0.2) is 23.8 Å². The summed E-state index contributed by atoms with van der Waals surface area (Å²) >= 11 is 0. The van der Waals surface area contributed by atoms with E-state index in [-0.39, 0.29) is 12.1 Å². The third kappa shape index (κ3) is 17.4. The highest BCUT2D eigenvalue weighted by Crippen LogP contribution is 2.12. The maximum absolute atomic E-state index is 11.2. The summed E-state index contributed by atoms with van der Waals surface area (Å²) in [5, 5.41) is 9.38. The van der Waals surface area contributed by atoms with Crippen molar-refractivity contribution in [3.05, 3.63) is 12.2 Å². The van der Waals surface area contributed by atoms with Gasteiger partial charge in [-0.15, -0.1) is 0 Å². The number of rotatable bonds is 16. The van der Waals surface area contributed by atoms with Crippen LogP contribution in [0.25, 0.3) is 0 Å². The molecule has 0 aliphatic rings. The minimum atomic E-state index is -0.257. The van der Waals surface area contributed by atoms with Gasteiger partial charge in [0.1, 0.15) is 0 Å². The number of carbonyl (C=O) groups excluding carboxylic acids is 1. The topological polar surface area (TPSA) is 46.5 Å². The highest BCUT2D eigenvalue weighted by molar-refractivity contribution is 5.69. The van der Waals surface area contributed by atoms with E-state index in [1.54, 1.807) is 0 Å². The molecule has 0 saturated carbocycles. The summed E-state index contributed by atoms with van der Waals surface area (Å²) in [6, 6.07) is 0. The van der Waals surface area contributed by atoms with E-state index in [9.17, 15) is 9.90 Å². The van der Waals surface area contributed by atoms with E-state index < -0.39 is 0 Å². The van der Waals surface area contributed by atoms with Crippen molar-refractivity contribution in [3.8, 4) is 0 Å². The Morgan fingerprint density at radius 1 is 0.913 bits per heavy atom. The molecule has 0 saturated heterocycles. The lowest BCUT2D eigenvalue weighted by Crippen LogP contribution is -2.03. The Labute approximate surface area is 143 Å². The molecule has 0 spiro atoms. The minimum absolute atomic E-state index is 0.0495. The van der Waals surface area contributed by atoms with Crippen LogP contribution in [0.5, 0.6) is 0 Å². The van der Waals surface area contributed by atoms with E-state index in [1.165, 1.54) is 51.4 Å². The van der Waals surface area contributed by atoms with Gasteiger partial charge in [-0.1, -0.05) is 70.4 Å². The number of allylic oxidation sites excluding steroid dienone is 1. The summed E-state index contributed by atoms with van der Waals surface area (Å²) in [6.07, 6.45) is 18.8. The predicted octanol–water partition coefficient (Wildman–Crippen LogP) is 5.56. The fraction of sp³-hybridized carbons (Fsp3) is 0.850. The summed E-state index contributed by atoms with van der Waals surface area (Å²) in [5.41, 5.74) is 0. The average Bonchev–Trinajstić information content (AvgIpc) is 2.55. The molecule has 0 rings (SSSR count). The van der Waals surface area contributed by atoms with Gasteiger partial charge in [-0.3, -0.25) is 4.79 Å². The molecule has 0 aliphatic carbocycles. The molecule has 0 heterocycles. The highest BCUT2D eigenvalue weighted by Gasteiger charge is 2.00. The van der Waals surface area contributed by atoms with Crippen LogP contribution in [0.2, 0.25) is 0 Å². The van der Waals surface area contributed by atoms with E-state index in [0.717, 1.165) is 25.7 Å². The molecule has 23 heavy (non-hydrogen) atoms. The average molecular weight is 327 g/mol. The summed E-state index contributed by atoms with van der Waals surface area (Å²) in [4.78, 5) is 11.2. The van der Waals surface area contributed by atoms with Gasteiger partial charge in [0.05, 0.1) is 12.7 Å². The smallest absolute Gasteiger partial charge is 0.305 e. The highest BCUT2D eigenvalue weighted by atomic mass is 16.5. The van der Waals surface area contributed by atoms with E-state index in [4.69, 9.17) is 4.74 Å². The van der Waals surface area contributed by atoms with Crippen molar-refractivity contribution in [1.29, 1.82) is 0 Å². The number of unbranched alkanes of at least 4 members (excludes halogenated alkanes) is 10. The summed E-state index contributed by atoms with van der Waals surface area (Å²) < 4.78 is 4.91. The van der Waals surface area contributed by atoms with Crippen molar-refractivity contribution in [2.75, 3.05) is 6.61 Å². The number of hydrogen-bond donors (Lipinski definition) is 1. The van der Waals surface area contributed by atoms with Crippen LogP contribution in [-0.2, 0) is 9.53 Å². The van der Waals surface area contributed by atoms with E-state index in [1.807, 2.05) is 19.9 Å².